The largest absolute Gasteiger partial charge is 0.310 e. The molecule has 0 spiro atoms. The number of hydrogen-bond acceptors (Lipinski definition) is 2. The summed E-state index contributed by atoms with van der Waals surface area (Å²) in [4.78, 5) is 2.18. The number of hydrogen-bond donors (Lipinski definition) is 1. The van der Waals surface area contributed by atoms with Crippen molar-refractivity contribution in [1.82, 2.24) is 5.32 Å². The van der Waals surface area contributed by atoms with Gasteiger partial charge in [0.15, 0.2) is 0 Å². The summed E-state index contributed by atoms with van der Waals surface area (Å²) in [6, 6.07) is 12.9. The molecule has 21 heavy (non-hydrogen) atoms. The first-order chi connectivity index (χ1) is 10.1. The van der Waals surface area contributed by atoms with Crippen LogP contribution in [0.5, 0.6) is 0 Å². The maximum atomic E-state index is 6.22. The second kappa shape index (κ2) is 6.62. The molecule has 3 rings (SSSR count). The summed E-state index contributed by atoms with van der Waals surface area (Å²) in [7, 11) is 0. The Balaban J connectivity index is 1.73. The first-order valence-corrected chi connectivity index (χ1v) is 8.65. The molecule has 0 aromatic heterocycles. The van der Waals surface area contributed by atoms with Gasteiger partial charge in [0.2, 0.25) is 0 Å². The Labute approximate surface area is 140 Å². The average Bonchev–Trinajstić information content (AvgIpc) is 3.26. The molecule has 110 valence electrons. The molecule has 1 nitrogen and oxygen atoms in total. The van der Waals surface area contributed by atoms with E-state index in [0.717, 1.165) is 22.5 Å². The molecule has 0 aliphatic heterocycles. The van der Waals surface area contributed by atoms with Crippen LogP contribution in [0.25, 0.3) is 0 Å². The van der Waals surface area contributed by atoms with E-state index in [1.807, 2.05) is 18.2 Å². The van der Waals surface area contributed by atoms with E-state index in [0.29, 0.717) is 5.02 Å². The Bertz CT molecular complexity index is 653. The summed E-state index contributed by atoms with van der Waals surface area (Å²) < 4.78 is 0. The summed E-state index contributed by atoms with van der Waals surface area (Å²) in [5.74, 6) is 0. The number of nitrogens with one attached hydrogen (secondary N) is 1. The van der Waals surface area contributed by atoms with Crippen LogP contribution < -0.4 is 5.32 Å². The molecule has 0 heterocycles. The van der Waals surface area contributed by atoms with Crippen molar-refractivity contribution >= 4 is 35.0 Å². The minimum absolute atomic E-state index is 0.712. The van der Waals surface area contributed by atoms with E-state index in [2.05, 4.69) is 30.4 Å². The highest BCUT2D eigenvalue weighted by Gasteiger charge is 2.20. The van der Waals surface area contributed by atoms with E-state index in [-0.39, 0.29) is 0 Å². The highest BCUT2D eigenvalue weighted by Crippen LogP contribution is 2.35. The van der Waals surface area contributed by atoms with E-state index in [9.17, 15) is 0 Å². The molecule has 1 aliphatic rings. The zero-order valence-corrected chi connectivity index (χ0v) is 14.2. The minimum atomic E-state index is 0.712. The fourth-order valence-corrected chi connectivity index (χ4v) is 3.60. The molecule has 0 saturated heterocycles. The predicted molar refractivity (Wildman–Crippen MR) is 91.6 cm³/mol. The second-order valence-corrected chi connectivity index (χ2v) is 7.38. The van der Waals surface area contributed by atoms with Crippen molar-refractivity contribution in [2.75, 3.05) is 0 Å². The monoisotopic (exact) mass is 337 g/mol. The Morgan fingerprint density at radius 1 is 1.14 bits per heavy atom. The Kier molecular flexibility index (Phi) is 4.80. The van der Waals surface area contributed by atoms with Gasteiger partial charge in [-0.1, -0.05) is 41.0 Å². The molecule has 1 aliphatic carbocycles. The van der Waals surface area contributed by atoms with Crippen molar-refractivity contribution in [2.45, 2.75) is 42.1 Å². The molecule has 1 N–H and O–H groups in total. The zero-order chi connectivity index (χ0) is 14.8. The SMILES string of the molecule is Cc1cc(Sc2cc(Cl)ccc2Cl)ccc1CNC1CC1. The molecule has 1 fully saturated rings. The third-order valence-electron chi connectivity index (χ3n) is 3.59. The van der Waals surface area contributed by atoms with Crippen molar-refractivity contribution in [3.63, 3.8) is 0 Å². The topological polar surface area (TPSA) is 12.0 Å². The van der Waals surface area contributed by atoms with Crippen LogP contribution in [0.1, 0.15) is 24.0 Å². The molecule has 0 unspecified atom stereocenters. The molecular formula is C17H17Cl2NS. The zero-order valence-electron chi connectivity index (χ0n) is 11.8. The molecular weight excluding hydrogens is 321 g/mol. The molecule has 1 saturated carbocycles. The van der Waals surface area contributed by atoms with Gasteiger partial charge < -0.3 is 5.32 Å². The van der Waals surface area contributed by atoms with Crippen LogP contribution >= 0.6 is 35.0 Å². The summed E-state index contributed by atoms with van der Waals surface area (Å²) in [6.45, 7) is 3.12. The van der Waals surface area contributed by atoms with Gasteiger partial charge in [0, 0.05) is 27.4 Å². The number of aryl methyl sites for hydroxylation is 1. The Hall–Kier alpha value is -0.670. The van der Waals surface area contributed by atoms with Gasteiger partial charge in [-0.25, -0.2) is 0 Å². The third-order valence-corrected chi connectivity index (χ3v) is 5.32. The lowest BCUT2D eigenvalue weighted by Gasteiger charge is -2.10. The van der Waals surface area contributed by atoms with Crippen LogP contribution in [0.3, 0.4) is 0 Å². The van der Waals surface area contributed by atoms with E-state index in [1.165, 1.54) is 28.9 Å². The summed E-state index contributed by atoms with van der Waals surface area (Å²) in [6.07, 6.45) is 2.64. The minimum Gasteiger partial charge on any atom is -0.310 e. The van der Waals surface area contributed by atoms with Crippen LogP contribution in [0, 0.1) is 6.92 Å². The molecule has 0 radical (unpaired) electrons. The highest BCUT2D eigenvalue weighted by atomic mass is 35.5. The molecule has 2 aromatic carbocycles. The number of rotatable bonds is 5. The maximum absolute atomic E-state index is 6.22. The fraction of sp³-hybridized carbons (Fsp3) is 0.294. The van der Waals surface area contributed by atoms with Crippen molar-refractivity contribution < 1.29 is 0 Å². The summed E-state index contributed by atoms with van der Waals surface area (Å²) in [5.41, 5.74) is 2.68. The Morgan fingerprint density at radius 3 is 2.67 bits per heavy atom. The van der Waals surface area contributed by atoms with Gasteiger partial charge in [0.1, 0.15) is 0 Å². The maximum Gasteiger partial charge on any atom is 0.0546 e. The standard InChI is InChI=1S/C17H17Cl2NS/c1-11-8-15(6-2-12(11)10-20-14-4-5-14)21-17-9-13(18)3-7-16(17)19/h2-3,6-9,14,20H,4-5,10H2,1H3. The second-order valence-electron chi connectivity index (χ2n) is 5.42. The first kappa shape index (κ1) is 15.2. The van der Waals surface area contributed by atoms with E-state index < -0.39 is 0 Å². The van der Waals surface area contributed by atoms with E-state index >= 15 is 0 Å². The predicted octanol–water partition coefficient (Wildman–Crippen LogP) is 5.71. The normalized spacial score (nSPS) is 14.4. The van der Waals surface area contributed by atoms with Crippen LogP contribution in [0.15, 0.2) is 46.2 Å². The number of benzene rings is 2. The van der Waals surface area contributed by atoms with Crippen molar-refractivity contribution in [3.05, 3.63) is 57.6 Å². The molecule has 2 aromatic rings. The lowest BCUT2D eigenvalue weighted by atomic mass is 10.1. The highest BCUT2D eigenvalue weighted by molar-refractivity contribution is 7.99. The van der Waals surface area contributed by atoms with Crippen molar-refractivity contribution in [3.8, 4) is 0 Å². The van der Waals surface area contributed by atoms with Gasteiger partial charge >= 0.3 is 0 Å². The first-order valence-electron chi connectivity index (χ1n) is 7.07. The van der Waals surface area contributed by atoms with Gasteiger partial charge in [-0.05, 0) is 61.2 Å². The van der Waals surface area contributed by atoms with Gasteiger partial charge in [-0.3, -0.25) is 0 Å². The number of halogens is 2. The van der Waals surface area contributed by atoms with Gasteiger partial charge in [-0.15, -0.1) is 0 Å². The van der Waals surface area contributed by atoms with Crippen LogP contribution in [0.2, 0.25) is 10.0 Å². The molecule has 0 amide bonds. The summed E-state index contributed by atoms with van der Waals surface area (Å²) in [5, 5.41) is 5.00. The average molecular weight is 338 g/mol. The lowest BCUT2D eigenvalue weighted by molar-refractivity contribution is 0.685. The van der Waals surface area contributed by atoms with Gasteiger partial charge in [0.05, 0.1) is 5.02 Å². The smallest absolute Gasteiger partial charge is 0.0546 e. The lowest BCUT2D eigenvalue weighted by Crippen LogP contribution is -2.15. The van der Waals surface area contributed by atoms with E-state index in [1.54, 1.807) is 11.8 Å². The van der Waals surface area contributed by atoms with Crippen LogP contribution in [-0.2, 0) is 6.54 Å². The van der Waals surface area contributed by atoms with Gasteiger partial charge in [0.25, 0.3) is 0 Å². The molecule has 0 atom stereocenters. The van der Waals surface area contributed by atoms with Crippen molar-refractivity contribution in [2.24, 2.45) is 0 Å². The van der Waals surface area contributed by atoms with E-state index in [4.69, 9.17) is 23.2 Å². The van der Waals surface area contributed by atoms with Crippen LogP contribution in [0.4, 0.5) is 0 Å². The van der Waals surface area contributed by atoms with Gasteiger partial charge in [-0.2, -0.15) is 0 Å². The Morgan fingerprint density at radius 2 is 1.95 bits per heavy atom. The molecule has 4 heteroatoms. The van der Waals surface area contributed by atoms with Crippen molar-refractivity contribution in [1.29, 1.82) is 0 Å². The molecule has 0 bridgehead atoms. The fourth-order valence-electron chi connectivity index (χ4n) is 2.15. The van der Waals surface area contributed by atoms with Crippen LogP contribution in [-0.4, -0.2) is 6.04 Å². The third kappa shape index (κ3) is 4.17. The summed E-state index contributed by atoms with van der Waals surface area (Å²) >= 11 is 13.9. The quantitative estimate of drug-likeness (QED) is 0.750.